The minimum Gasteiger partial charge on any atom is -0.480 e. The van der Waals surface area contributed by atoms with Crippen molar-refractivity contribution in [2.45, 2.75) is 49.8 Å². The minimum absolute atomic E-state index is 0.0133. The lowest BCUT2D eigenvalue weighted by Crippen LogP contribution is -2.37. The molecule has 1 aliphatic heterocycles. The Balaban J connectivity index is 1.71. The molecule has 29 heavy (non-hydrogen) atoms. The Morgan fingerprint density at radius 1 is 1.38 bits per heavy atom. The van der Waals surface area contributed by atoms with Gasteiger partial charge >= 0.3 is 5.97 Å². The SMILES string of the molecule is CCc1cc(-c2ccc(S(=O)(=O)CCCN3CCCC3C(=O)O)s2)c(C)[nH]c1=O. The zero-order valence-corrected chi connectivity index (χ0v) is 18.2. The summed E-state index contributed by atoms with van der Waals surface area (Å²) in [6.07, 6.45) is 2.45. The van der Waals surface area contributed by atoms with Crippen LogP contribution in [0.3, 0.4) is 0 Å². The summed E-state index contributed by atoms with van der Waals surface area (Å²) in [5.74, 6) is -0.850. The Morgan fingerprint density at radius 3 is 2.83 bits per heavy atom. The molecular formula is C20H26N2O5S2. The summed E-state index contributed by atoms with van der Waals surface area (Å²) in [6.45, 7) is 4.88. The molecule has 0 saturated carbocycles. The number of pyridine rings is 1. The lowest BCUT2D eigenvalue weighted by atomic mass is 10.1. The van der Waals surface area contributed by atoms with Gasteiger partial charge in [-0.15, -0.1) is 11.3 Å². The molecule has 1 unspecified atom stereocenters. The fourth-order valence-corrected chi connectivity index (χ4v) is 6.57. The highest BCUT2D eigenvalue weighted by Crippen LogP contribution is 2.33. The number of thiophene rings is 1. The van der Waals surface area contributed by atoms with Crippen LogP contribution in [0.25, 0.3) is 10.4 Å². The molecule has 3 heterocycles. The molecular weight excluding hydrogens is 412 g/mol. The predicted molar refractivity (Wildman–Crippen MR) is 113 cm³/mol. The van der Waals surface area contributed by atoms with Gasteiger partial charge in [0, 0.05) is 21.7 Å². The monoisotopic (exact) mass is 438 g/mol. The molecule has 3 rings (SSSR count). The van der Waals surface area contributed by atoms with E-state index in [-0.39, 0.29) is 11.3 Å². The van der Waals surface area contributed by atoms with Gasteiger partial charge in [0.15, 0.2) is 9.84 Å². The van der Waals surface area contributed by atoms with Crippen LogP contribution in [0.4, 0.5) is 0 Å². The van der Waals surface area contributed by atoms with Crippen LogP contribution < -0.4 is 5.56 Å². The fraction of sp³-hybridized carbons (Fsp3) is 0.500. The number of hydrogen-bond donors (Lipinski definition) is 2. The molecule has 0 bridgehead atoms. The number of aliphatic carboxylic acids is 1. The summed E-state index contributed by atoms with van der Waals surface area (Å²) < 4.78 is 25.8. The first-order chi connectivity index (χ1) is 13.7. The van der Waals surface area contributed by atoms with Crippen molar-refractivity contribution in [1.82, 2.24) is 9.88 Å². The molecule has 0 amide bonds. The summed E-state index contributed by atoms with van der Waals surface area (Å²) in [6, 6.07) is 4.72. The molecule has 0 spiro atoms. The van der Waals surface area contributed by atoms with Crippen LogP contribution in [0.15, 0.2) is 27.2 Å². The topological polar surface area (TPSA) is 108 Å². The van der Waals surface area contributed by atoms with Gasteiger partial charge < -0.3 is 10.1 Å². The van der Waals surface area contributed by atoms with Gasteiger partial charge in [-0.1, -0.05) is 6.92 Å². The van der Waals surface area contributed by atoms with Crippen molar-refractivity contribution in [1.29, 1.82) is 0 Å². The van der Waals surface area contributed by atoms with E-state index in [0.29, 0.717) is 47.8 Å². The van der Waals surface area contributed by atoms with Gasteiger partial charge in [-0.3, -0.25) is 14.5 Å². The number of H-pyrrole nitrogens is 1. The van der Waals surface area contributed by atoms with E-state index in [1.807, 2.05) is 17.9 Å². The highest BCUT2D eigenvalue weighted by atomic mass is 32.2. The van der Waals surface area contributed by atoms with Crippen molar-refractivity contribution in [3.63, 3.8) is 0 Å². The average molecular weight is 439 g/mol. The molecule has 158 valence electrons. The summed E-state index contributed by atoms with van der Waals surface area (Å²) in [4.78, 5) is 28.7. The lowest BCUT2D eigenvalue weighted by molar-refractivity contribution is -0.142. The van der Waals surface area contributed by atoms with Crippen molar-refractivity contribution in [3.05, 3.63) is 39.8 Å². The molecule has 0 aliphatic carbocycles. The maximum atomic E-state index is 12.7. The highest BCUT2D eigenvalue weighted by molar-refractivity contribution is 7.93. The van der Waals surface area contributed by atoms with Crippen LogP contribution in [0.2, 0.25) is 0 Å². The van der Waals surface area contributed by atoms with E-state index in [1.54, 1.807) is 19.1 Å². The standard InChI is InChI=1S/C20H26N2O5S2/c1-3-14-12-15(13(2)21-19(14)23)17-7-8-18(28-17)29(26,27)11-5-10-22-9-4-6-16(22)20(24)25/h7-8,12,16H,3-6,9-11H2,1-2H3,(H,21,23)(H,24,25). The second kappa shape index (κ2) is 8.81. The second-order valence-electron chi connectivity index (χ2n) is 7.34. The number of aryl methyl sites for hydroxylation is 2. The van der Waals surface area contributed by atoms with Gasteiger partial charge in [-0.05, 0) is 63.9 Å². The molecule has 0 aromatic carbocycles. The Bertz CT molecular complexity index is 1060. The number of nitrogens with one attached hydrogen (secondary N) is 1. The van der Waals surface area contributed by atoms with Crippen molar-refractivity contribution in [2.75, 3.05) is 18.8 Å². The summed E-state index contributed by atoms with van der Waals surface area (Å²) in [5.41, 5.74) is 2.11. The smallest absolute Gasteiger partial charge is 0.320 e. The van der Waals surface area contributed by atoms with E-state index in [9.17, 15) is 23.1 Å². The largest absolute Gasteiger partial charge is 0.480 e. The van der Waals surface area contributed by atoms with Crippen LogP contribution in [0, 0.1) is 6.92 Å². The van der Waals surface area contributed by atoms with Crippen molar-refractivity contribution in [2.24, 2.45) is 0 Å². The number of sulfone groups is 1. The van der Waals surface area contributed by atoms with Gasteiger partial charge in [-0.2, -0.15) is 0 Å². The van der Waals surface area contributed by atoms with Gasteiger partial charge in [-0.25, -0.2) is 8.42 Å². The van der Waals surface area contributed by atoms with Crippen molar-refractivity contribution >= 4 is 27.1 Å². The van der Waals surface area contributed by atoms with E-state index in [0.717, 1.165) is 16.9 Å². The van der Waals surface area contributed by atoms with E-state index in [2.05, 4.69) is 4.98 Å². The number of carbonyl (C=O) groups is 1. The van der Waals surface area contributed by atoms with Crippen LogP contribution in [0.1, 0.15) is 37.4 Å². The van der Waals surface area contributed by atoms with E-state index < -0.39 is 21.8 Å². The maximum Gasteiger partial charge on any atom is 0.320 e. The van der Waals surface area contributed by atoms with Crippen LogP contribution in [0.5, 0.6) is 0 Å². The second-order valence-corrected chi connectivity index (χ2v) is 10.8. The zero-order chi connectivity index (χ0) is 21.2. The summed E-state index contributed by atoms with van der Waals surface area (Å²) in [7, 11) is -3.44. The number of aromatic nitrogens is 1. The molecule has 1 saturated heterocycles. The van der Waals surface area contributed by atoms with Crippen molar-refractivity contribution in [3.8, 4) is 10.4 Å². The molecule has 2 N–H and O–H groups in total. The van der Waals surface area contributed by atoms with Gasteiger partial charge in [0.25, 0.3) is 5.56 Å². The third-order valence-corrected chi connectivity index (χ3v) is 8.86. The third kappa shape index (κ3) is 4.79. The predicted octanol–water partition coefficient (Wildman–Crippen LogP) is 2.69. The lowest BCUT2D eigenvalue weighted by Gasteiger charge is -2.20. The van der Waals surface area contributed by atoms with Gasteiger partial charge in [0.05, 0.1) is 5.75 Å². The molecule has 1 fully saturated rings. The zero-order valence-electron chi connectivity index (χ0n) is 16.6. The number of nitrogens with zero attached hydrogens (tertiary/aromatic N) is 1. The molecule has 9 heteroatoms. The number of carboxylic acids is 1. The molecule has 0 radical (unpaired) electrons. The van der Waals surface area contributed by atoms with Crippen LogP contribution >= 0.6 is 11.3 Å². The maximum absolute atomic E-state index is 12.7. The first-order valence-corrected chi connectivity index (χ1v) is 12.2. The van der Waals surface area contributed by atoms with Crippen LogP contribution in [-0.2, 0) is 21.1 Å². The van der Waals surface area contributed by atoms with E-state index in [4.69, 9.17) is 0 Å². The average Bonchev–Trinajstić information content (AvgIpc) is 3.31. The summed E-state index contributed by atoms with van der Waals surface area (Å²) in [5, 5.41) is 9.23. The Labute approximate surface area is 174 Å². The minimum atomic E-state index is -3.44. The van der Waals surface area contributed by atoms with Crippen molar-refractivity contribution < 1.29 is 18.3 Å². The van der Waals surface area contributed by atoms with Gasteiger partial charge in [0.2, 0.25) is 0 Å². The first kappa shape index (κ1) is 21.7. The van der Waals surface area contributed by atoms with E-state index >= 15 is 0 Å². The number of rotatable bonds is 8. The highest BCUT2D eigenvalue weighted by Gasteiger charge is 2.30. The fourth-order valence-electron chi connectivity index (χ4n) is 3.75. The third-order valence-electron chi connectivity index (χ3n) is 5.36. The van der Waals surface area contributed by atoms with Crippen LogP contribution in [-0.4, -0.2) is 54.3 Å². The molecule has 2 aromatic heterocycles. The number of carboxylic acid groups (broad SMARTS) is 1. The molecule has 1 aliphatic rings. The Kier molecular flexibility index (Phi) is 6.60. The quantitative estimate of drug-likeness (QED) is 0.656. The normalized spacial score (nSPS) is 17.7. The Hall–Kier alpha value is -1.97. The summed E-state index contributed by atoms with van der Waals surface area (Å²) >= 11 is 1.20. The number of hydrogen-bond acceptors (Lipinski definition) is 6. The molecule has 7 nitrogen and oxygen atoms in total. The molecule has 2 aromatic rings. The van der Waals surface area contributed by atoms with Gasteiger partial charge in [0.1, 0.15) is 10.3 Å². The number of likely N-dealkylation sites (tertiary alicyclic amines) is 1. The Morgan fingerprint density at radius 2 is 2.14 bits per heavy atom. The number of aromatic amines is 1. The molecule has 1 atom stereocenters. The first-order valence-electron chi connectivity index (χ1n) is 9.75. The van der Waals surface area contributed by atoms with E-state index in [1.165, 1.54) is 11.3 Å².